The molecule has 0 aliphatic heterocycles. The van der Waals surface area contributed by atoms with Crippen LogP contribution in [0.15, 0.2) is 35.1 Å². The van der Waals surface area contributed by atoms with E-state index in [1.54, 1.807) is 13.3 Å². The van der Waals surface area contributed by atoms with E-state index in [2.05, 4.69) is 40.1 Å². The average Bonchev–Trinajstić information content (AvgIpc) is 2.76. The molecule has 4 nitrogen and oxygen atoms in total. The van der Waals surface area contributed by atoms with Crippen LogP contribution in [0.3, 0.4) is 0 Å². The first-order chi connectivity index (χ1) is 8.61. The lowest BCUT2D eigenvalue weighted by Crippen LogP contribution is -2.13. The molecule has 0 saturated heterocycles. The van der Waals surface area contributed by atoms with Crippen LogP contribution in [-0.2, 0) is 0 Å². The predicted octanol–water partition coefficient (Wildman–Crippen LogP) is 3.46. The summed E-state index contributed by atoms with van der Waals surface area (Å²) in [4.78, 5) is 4.31. The number of nitrogens with one attached hydrogen (secondary N) is 1. The first kappa shape index (κ1) is 13.0. The SMILES string of the molecule is COc1ccc(-n2ccnc2NC(C)C)cc1Br. The highest BCUT2D eigenvalue weighted by atomic mass is 79.9. The molecule has 0 bridgehead atoms. The zero-order valence-corrected chi connectivity index (χ0v) is 12.2. The van der Waals surface area contributed by atoms with Gasteiger partial charge >= 0.3 is 0 Å². The van der Waals surface area contributed by atoms with E-state index >= 15 is 0 Å². The maximum absolute atomic E-state index is 5.22. The standard InChI is InChI=1S/C13H16BrN3O/c1-9(2)16-13-15-6-7-17(13)10-4-5-12(18-3)11(14)8-10/h4-9H,1-3H3,(H,15,16). The molecule has 0 spiro atoms. The normalized spacial score (nSPS) is 10.7. The van der Waals surface area contributed by atoms with Crippen molar-refractivity contribution in [1.29, 1.82) is 0 Å². The van der Waals surface area contributed by atoms with Gasteiger partial charge in [0.1, 0.15) is 5.75 Å². The second kappa shape index (κ2) is 5.44. The molecule has 0 aliphatic rings. The van der Waals surface area contributed by atoms with Crippen molar-refractivity contribution in [2.75, 3.05) is 12.4 Å². The maximum atomic E-state index is 5.22. The van der Waals surface area contributed by atoms with Crippen molar-refractivity contribution >= 4 is 21.9 Å². The quantitative estimate of drug-likeness (QED) is 0.940. The van der Waals surface area contributed by atoms with Gasteiger partial charge in [-0.3, -0.25) is 4.57 Å². The molecule has 1 aromatic heterocycles. The highest BCUT2D eigenvalue weighted by Crippen LogP contribution is 2.28. The second-order valence-corrected chi connectivity index (χ2v) is 5.09. The molecule has 5 heteroatoms. The number of imidazole rings is 1. The third kappa shape index (κ3) is 2.67. The molecule has 0 amide bonds. The van der Waals surface area contributed by atoms with Crippen LogP contribution in [0.5, 0.6) is 5.75 Å². The number of methoxy groups -OCH3 is 1. The lowest BCUT2D eigenvalue weighted by atomic mass is 10.3. The Balaban J connectivity index is 2.37. The number of aromatic nitrogens is 2. The number of ether oxygens (including phenoxy) is 1. The monoisotopic (exact) mass is 309 g/mol. The number of anilines is 1. The number of halogens is 1. The Morgan fingerprint density at radius 2 is 2.17 bits per heavy atom. The van der Waals surface area contributed by atoms with Gasteiger partial charge in [0.05, 0.1) is 11.6 Å². The number of nitrogens with zero attached hydrogens (tertiary/aromatic N) is 2. The van der Waals surface area contributed by atoms with E-state index in [0.717, 1.165) is 21.9 Å². The third-order valence-electron chi connectivity index (χ3n) is 2.47. The van der Waals surface area contributed by atoms with Crippen molar-refractivity contribution < 1.29 is 4.74 Å². The fourth-order valence-corrected chi connectivity index (χ4v) is 2.21. The summed E-state index contributed by atoms with van der Waals surface area (Å²) >= 11 is 3.49. The van der Waals surface area contributed by atoms with Gasteiger partial charge in [0.2, 0.25) is 5.95 Å². The minimum absolute atomic E-state index is 0.341. The first-order valence-corrected chi connectivity index (χ1v) is 6.55. The highest BCUT2D eigenvalue weighted by Gasteiger charge is 2.08. The van der Waals surface area contributed by atoms with Crippen LogP contribution in [-0.4, -0.2) is 22.7 Å². The van der Waals surface area contributed by atoms with Crippen molar-refractivity contribution in [2.24, 2.45) is 0 Å². The Morgan fingerprint density at radius 1 is 1.39 bits per heavy atom. The Morgan fingerprint density at radius 3 is 2.78 bits per heavy atom. The molecule has 0 aliphatic carbocycles. The van der Waals surface area contributed by atoms with Gasteiger partial charge in [-0.25, -0.2) is 4.98 Å². The molecule has 0 radical (unpaired) electrons. The zero-order chi connectivity index (χ0) is 13.1. The van der Waals surface area contributed by atoms with Gasteiger partial charge in [-0.2, -0.15) is 0 Å². The van der Waals surface area contributed by atoms with Gasteiger partial charge in [0.25, 0.3) is 0 Å². The highest BCUT2D eigenvalue weighted by molar-refractivity contribution is 9.10. The third-order valence-corrected chi connectivity index (χ3v) is 3.09. The van der Waals surface area contributed by atoms with Crippen LogP contribution in [0.4, 0.5) is 5.95 Å². The van der Waals surface area contributed by atoms with Crippen LogP contribution >= 0.6 is 15.9 Å². The Kier molecular flexibility index (Phi) is 3.91. The molecule has 1 heterocycles. The average molecular weight is 310 g/mol. The summed E-state index contributed by atoms with van der Waals surface area (Å²) in [5.74, 6) is 1.65. The van der Waals surface area contributed by atoms with E-state index in [-0.39, 0.29) is 0 Å². The van der Waals surface area contributed by atoms with Crippen molar-refractivity contribution in [1.82, 2.24) is 9.55 Å². The maximum Gasteiger partial charge on any atom is 0.207 e. The Hall–Kier alpha value is -1.49. The van der Waals surface area contributed by atoms with Gasteiger partial charge in [0, 0.05) is 24.1 Å². The lowest BCUT2D eigenvalue weighted by molar-refractivity contribution is 0.412. The molecule has 2 rings (SSSR count). The predicted molar refractivity (Wildman–Crippen MR) is 76.6 cm³/mol. The summed E-state index contributed by atoms with van der Waals surface area (Å²) in [6.45, 7) is 4.17. The number of hydrogen-bond acceptors (Lipinski definition) is 3. The van der Waals surface area contributed by atoms with Gasteiger partial charge in [0.15, 0.2) is 0 Å². The summed E-state index contributed by atoms with van der Waals surface area (Å²) in [5, 5.41) is 3.31. The van der Waals surface area contributed by atoms with Crippen molar-refractivity contribution in [2.45, 2.75) is 19.9 Å². The van der Waals surface area contributed by atoms with E-state index in [4.69, 9.17) is 4.74 Å². The van der Waals surface area contributed by atoms with Crippen LogP contribution in [0.25, 0.3) is 5.69 Å². The Bertz CT molecular complexity index is 537. The molecule has 1 N–H and O–H groups in total. The summed E-state index contributed by atoms with van der Waals surface area (Å²) in [5.41, 5.74) is 1.03. The fourth-order valence-electron chi connectivity index (χ4n) is 1.68. The summed E-state index contributed by atoms with van der Waals surface area (Å²) in [6, 6.07) is 6.27. The molecule has 1 aromatic carbocycles. The number of rotatable bonds is 4. The molecular weight excluding hydrogens is 294 g/mol. The minimum Gasteiger partial charge on any atom is -0.496 e. The number of hydrogen-bond donors (Lipinski definition) is 1. The minimum atomic E-state index is 0.341. The number of benzene rings is 1. The van der Waals surface area contributed by atoms with Crippen LogP contribution in [0, 0.1) is 0 Å². The van der Waals surface area contributed by atoms with E-state index in [0.29, 0.717) is 6.04 Å². The smallest absolute Gasteiger partial charge is 0.207 e. The van der Waals surface area contributed by atoms with Gasteiger partial charge in [-0.05, 0) is 48.0 Å². The topological polar surface area (TPSA) is 39.1 Å². The van der Waals surface area contributed by atoms with Crippen LogP contribution in [0.2, 0.25) is 0 Å². The molecular formula is C13H16BrN3O. The molecule has 96 valence electrons. The molecule has 0 fully saturated rings. The molecule has 0 atom stereocenters. The molecule has 0 saturated carbocycles. The fraction of sp³-hybridized carbons (Fsp3) is 0.308. The van der Waals surface area contributed by atoms with E-state index < -0.39 is 0 Å². The van der Waals surface area contributed by atoms with Crippen molar-refractivity contribution in [3.63, 3.8) is 0 Å². The van der Waals surface area contributed by atoms with Crippen molar-refractivity contribution in [3.05, 3.63) is 35.1 Å². The molecule has 2 aromatic rings. The van der Waals surface area contributed by atoms with Crippen molar-refractivity contribution in [3.8, 4) is 11.4 Å². The molecule has 0 unspecified atom stereocenters. The summed E-state index contributed by atoms with van der Waals surface area (Å²) in [6.07, 6.45) is 3.71. The first-order valence-electron chi connectivity index (χ1n) is 5.75. The van der Waals surface area contributed by atoms with E-state index in [1.807, 2.05) is 29.0 Å². The Labute approximate surface area is 115 Å². The zero-order valence-electron chi connectivity index (χ0n) is 10.6. The van der Waals surface area contributed by atoms with Crippen LogP contribution in [0.1, 0.15) is 13.8 Å². The summed E-state index contributed by atoms with van der Waals surface area (Å²) in [7, 11) is 1.66. The van der Waals surface area contributed by atoms with Gasteiger partial charge < -0.3 is 10.1 Å². The second-order valence-electron chi connectivity index (χ2n) is 4.24. The summed E-state index contributed by atoms with van der Waals surface area (Å²) < 4.78 is 8.15. The van der Waals surface area contributed by atoms with Crippen LogP contribution < -0.4 is 10.1 Å². The molecule has 18 heavy (non-hydrogen) atoms. The van der Waals surface area contributed by atoms with E-state index in [9.17, 15) is 0 Å². The van der Waals surface area contributed by atoms with Gasteiger partial charge in [-0.1, -0.05) is 0 Å². The largest absolute Gasteiger partial charge is 0.496 e. The van der Waals surface area contributed by atoms with E-state index in [1.165, 1.54) is 0 Å². The van der Waals surface area contributed by atoms with Gasteiger partial charge in [-0.15, -0.1) is 0 Å². The lowest BCUT2D eigenvalue weighted by Gasteiger charge is -2.13.